The lowest BCUT2D eigenvalue weighted by Crippen LogP contribution is -2.26. The summed E-state index contributed by atoms with van der Waals surface area (Å²) >= 11 is 0. The molecule has 1 spiro atoms. The van der Waals surface area contributed by atoms with Crippen molar-refractivity contribution in [3.05, 3.63) is 235 Å². The summed E-state index contributed by atoms with van der Waals surface area (Å²) in [6.07, 6.45) is 0. The molecule has 0 radical (unpaired) electrons. The van der Waals surface area contributed by atoms with Gasteiger partial charge in [0.15, 0.2) is 0 Å². The van der Waals surface area contributed by atoms with Crippen LogP contribution in [0.15, 0.2) is 217 Å². The fourth-order valence-corrected chi connectivity index (χ4v) is 10.6. The Bertz CT molecular complexity index is 3450. The number of benzene rings is 10. The van der Waals surface area contributed by atoms with Crippen LogP contribution in [0, 0.1) is 0 Å². The van der Waals surface area contributed by atoms with Crippen molar-refractivity contribution in [2.45, 2.75) is 5.41 Å². The molecule has 2 aliphatic rings. The minimum Gasteiger partial charge on any atom is -0.455 e. The second-order valence-electron chi connectivity index (χ2n) is 15.9. The third kappa shape index (κ3) is 4.40. The maximum absolute atomic E-state index is 6.50. The fourth-order valence-electron chi connectivity index (χ4n) is 10.6. The van der Waals surface area contributed by atoms with Gasteiger partial charge in [-0.2, -0.15) is 0 Å². The highest BCUT2D eigenvalue weighted by atomic mass is 16.3. The van der Waals surface area contributed by atoms with E-state index in [9.17, 15) is 0 Å². The molecular weight excluding hydrogens is 715 g/mol. The molecule has 59 heavy (non-hydrogen) atoms. The monoisotopic (exact) mass is 749 g/mol. The van der Waals surface area contributed by atoms with Crippen molar-refractivity contribution in [3.63, 3.8) is 0 Å². The molecule has 0 saturated carbocycles. The Balaban J connectivity index is 1.07. The minimum absolute atomic E-state index is 0.443. The van der Waals surface area contributed by atoms with Gasteiger partial charge < -0.3 is 9.32 Å². The van der Waals surface area contributed by atoms with Crippen LogP contribution >= 0.6 is 0 Å². The Morgan fingerprint density at radius 2 is 0.898 bits per heavy atom. The zero-order valence-electron chi connectivity index (χ0n) is 32.1. The van der Waals surface area contributed by atoms with E-state index < -0.39 is 5.41 Å². The Morgan fingerprint density at radius 1 is 0.356 bits per heavy atom. The van der Waals surface area contributed by atoms with E-state index in [2.05, 4.69) is 211 Å². The molecule has 2 heteroatoms. The molecular formula is C57H35NO. The van der Waals surface area contributed by atoms with Gasteiger partial charge in [-0.15, -0.1) is 0 Å². The summed E-state index contributed by atoms with van der Waals surface area (Å²) in [6.45, 7) is 0. The summed E-state index contributed by atoms with van der Waals surface area (Å²) < 4.78 is 6.50. The minimum atomic E-state index is -0.443. The number of furan rings is 1. The van der Waals surface area contributed by atoms with E-state index in [1.165, 1.54) is 66.1 Å². The Hall–Kier alpha value is -7.68. The van der Waals surface area contributed by atoms with Gasteiger partial charge in [0, 0.05) is 33.1 Å². The predicted molar refractivity (Wildman–Crippen MR) is 245 cm³/mol. The van der Waals surface area contributed by atoms with E-state index in [-0.39, 0.29) is 0 Å². The highest BCUT2D eigenvalue weighted by Gasteiger charge is 2.51. The van der Waals surface area contributed by atoms with Gasteiger partial charge in [0.2, 0.25) is 0 Å². The number of hydrogen-bond donors (Lipinski definition) is 0. The molecule has 0 N–H and O–H groups in total. The Kier molecular flexibility index (Phi) is 6.68. The molecule has 0 amide bonds. The fraction of sp³-hybridized carbons (Fsp3) is 0.0175. The van der Waals surface area contributed by atoms with Gasteiger partial charge in [-0.3, -0.25) is 0 Å². The van der Waals surface area contributed by atoms with Gasteiger partial charge in [-0.25, -0.2) is 0 Å². The van der Waals surface area contributed by atoms with Gasteiger partial charge >= 0.3 is 0 Å². The molecule has 0 bridgehead atoms. The number of rotatable bonds is 4. The SMILES string of the molecule is c1ccc2c(c1)-c1ccccc1C21c2ccccc2-c2ccc(N(c3ccc(-c4cccc5c4oc4ccccc45)cc3)c3cccc4ccc5ccccc5c34)cc21. The normalized spacial score (nSPS) is 13.2. The number of hydrogen-bond acceptors (Lipinski definition) is 2. The van der Waals surface area contributed by atoms with Crippen molar-refractivity contribution in [1.82, 2.24) is 0 Å². The topological polar surface area (TPSA) is 16.4 Å². The number of fused-ring (bicyclic) bond motifs is 16. The largest absolute Gasteiger partial charge is 0.455 e. The van der Waals surface area contributed by atoms with Gasteiger partial charge in [0.1, 0.15) is 11.2 Å². The molecule has 2 nitrogen and oxygen atoms in total. The average molecular weight is 750 g/mol. The molecule has 10 aromatic carbocycles. The van der Waals surface area contributed by atoms with Gasteiger partial charge in [0.25, 0.3) is 0 Å². The van der Waals surface area contributed by atoms with Crippen LogP contribution in [0.4, 0.5) is 17.1 Å². The summed E-state index contributed by atoms with van der Waals surface area (Å²) in [5.41, 5.74) is 17.5. The predicted octanol–water partition coefficient (Wildman–Crippen LogP) is 15.4. The van der Waals surface area contributed by atoms with E-state index in [4.69, 9.17) is 4.42 Å². The molecule has 1 heterocycles. The highest BCUT2D eigenvalue weighted by molar-refractivity contribution is 6.15. The summed E-state index contributed by atoms with van der Waals surface area (Å²) in [7, 11) is 0. The van der Waals surface area contributed by atoms with E-state index in [0.717, 1.165) is 50.1 Å². The number of anilines is 3. The second-order valence-corrected chi connectivity index (χ2v) is 15.9. The lowest BCUT2D eigenvalue weighted by Gasteiger charge is -2.32. The average Bonchev–Trinajstić information content (AvgIpc) is 3.93. The van der Waals surface area contributed by atoms with Gasteiger partial charge in [-0.05, 0) is 103 Å². The maximum atomic E-state index is 6.50. The zero-order chi connectivity index (χ0) is 38.7. The molecule has 13 rings (SSSR count). The molecule has 11 aromatic rings. The van der Waals surface area contributed by atoms with Crippen LogP contribution in [0.1, 0.15) is 22.3 Å². The number of para-hydroxylation sites is 2. The summed E-state index contributed by atoms with van der Waals surface area (Å²) in [5.74, 6) is 0. The van der Waals surface area contributed by atoms with E-state index in [1.54, 1.807) is 0 Å². The Labute approximate surface area is 341 Å². The van der Waals surface area contributed by atoms with Crippen molar-refractivity contribution in [2.75, 3.05) is 4.90 Å². The van der Waals surface area contributed by atoms with Gasteiger partial charge in [-0.1, -0.05) is 176 Å². The molecule has 0 aliphatic heterocycles. The zero-order valence-corrected chi connectivity index (χ0v) is 32.1. The van der Waals surface area contributed by atoms with Crippen LogP contribution in [0.2, 0.25) is 0 Å². The van der Waals surface area contributed by atoms with Crippen molar-refractivity contribution in [2.24, 2.45) is 0 Å². The van der Waals surface area contributed by atoms with Crippen LogP contribution in [-0.2, 0) is 5.41 Å². The molecule has 0 saturated heterocycles. The van der Waals surface area contributed by atoms with Crippen LogP contribution in [0.25, 0.3) is 76.9 Å². The first-order chi connectivity index (χ1) is 29.3. The van der Waals surface area contributed by atoms with E-state index in [1.807, 2.05) is 6.07 Å². The maximum Gasteiger partial charge on any atom is 0.143 e. The lowest BCUT2D eigenvalue weighted by atomic mass is 9.70. The van der Waals surface area contributed by atoms with Crippen molar-refractivity contribution in [1.29, 1.82) is 0 Å². The molecule has 1 aromatic heterocycles. The van der Waals surface area contributed by atoms with Crippen molar-refractivity contribution >= 4 is 60.5 Å². The standard InChI is InChI=1S/C57H35NO/c1-2-15-41-36(13-1)27-28-38-14-11-25-53(55(38)41)58(39-31-29-37(30-32-39)42-20-12-21-48-47-19-6-10-26-54(47)59-56(42)48)40-33-34-46-45-18-5-9-24-51(45)57(52(46)35-40)49-22-7-3-16-43(49)44-17-4-8-23-50(44)57/h1-35H. The molecule has 0 atom stereocenters. The van der Waals surface area contributed by atoms with Crippen LogP contribution in [0.5, 0.6) is 0 Å². The van der Waals surface area contributed by atoms with Crippen molar-refractivity contribution < 1.29 is 4.42 Å². The smallest absolute Gasteiger partial charge is 0.143 e. The third-order valence-electron chi connectivity index (χ3n) is 13.1. The molecule has 0 fully saturated rings. The summed E-state index contributed by atoms with van der Waals surface area (Å²) in [5, 5.41) is 7.18. The molecule has 2 aliphatic carbocycles. The first-order valence-corrected chi connectivity index (χ1v) is 20.4. The van der Waals surface area contributed by atoms with Crippen LogP contribution in [-0.4, -0.2) is 0 Å². The van der Waals surface area contributed by atoms with Crippen LogP contribution < -0.4 is 4.90 Å². The summed E-state index contributed by atoms with van der Waals surface area (Å²) in [6, 6.07) is 78.1. The van der Waals surface area contributed by atoms with Crippen LogP contribution in [0.3, 0.4) is 0 Å². The van der Waals surface area contributed by atoms with Gasteiger partial charge in [0.05, 0.1) is 11.1 Å². The quantitative estimate of drug-likeness (QED) is 0.167. The summed E-state index contributed by atoms with van der Waals surface area (Å²) in [4.78, 5) is 2.48. The van der Waals surface area contributed by atoms with E-state index >= 15 is 0 Å². The molecule has 274 valence electrons. The first-order valence-electron chi connectivity index (χ1n) is 20.4. The molecule has 0 unspecified atom stereocenters. The second kappa shape index (κ2) is 12.2. The third-order valence-corrected chi connectivity index (χ3v) is 13.1. The Morgan fingerprint density at radius 3 is 1.64 bits per heavy atom. The first kappa shape index (κ1) is 32.4. The van der Waals surface area contributed by atoms with Crippen molar-refractivity contribution in [3.8, 4) is 33.4 Å². The highest BCUT2D eigenvalue weighted by Crippen LogP contribution is 2.63. The number of nitrogens with zero attached hydrogens (tertiary/aromatic N) is 1. The van der Waals surface area contributed by atoms with E-state index in [0.29, 0.717) is 0 Å². The lowest BCUT2D eigenvalue weighted by molar-refractivity contribution is 0.670.